The highest BCUT2D eigenvalue weighted by Gasteiger charge is 2.31. The number of ether oxygens (including phenoxy) is 1. The van der Waals surface area contributed by atoms with Crippen LogP contribution in [0.2, 0.25) is 0 Å². The molecule has 1 saturated heterocycles. The van der Waals surface area contributed by atoms with Crippen LogP contribution in [0.4, 0.5) is 0 Å². The van der Waals surface area contributed by atoms with Gasteiger partial charge in [0.1, 0.15) is 0 Å². The minimum Gasteiger partial charge on any atom is -0.381 e. The maximum atomic E-state index is 5.90. The van der Waals surface area contributed by atoms with E-state index in [2.05, 4.69) is 16.8 Å². The molecule has 2 nitrogen and oxygen atoms in total. The Balaban J connectivity index is 2.04. The summed E-state index contributed by atoms with van der Waals surface area (Å²) in [4.78, 5) is 0. The lowest BCUT2D eigenvalue weighted by Gasteiger charge is -2.36. The molecule has 78 valence electrons. The molecule has 1 aliphatic rings. The Morgan fingerprint density at radius 2 is 2.21 bits per heavy atom. The second-order valence-corrected chi connectivity index (χ2v) is 4.90. The van der Waals surface area contributed by atoms with E-state index in [1.807, 2.05) is 0 Å². The van der Waals surface area contributed by atoms with Crippen molar-refractivity contribution in [1.29, 1.82) is 0 Å². The second kappa shape index (κ2) is 4.43. The normalized spacial score (nSPS) is 20.9. The van der Waals surface area contributed by atoms with E-state index in [4.69, 9.17) is 10.5 Å². The summed E-state index contributed by atoms with van der Waals surface area (Å²) < 4.78 is 5.39. The van der Waals surface area contributed by atoms with Crippen LogP contribution in [0.3, 0.4) is 0 Å². The molecule has 2 rings (SSSR count). The third-order valence-corrected chi connectivity index (χ3v) is 3.88. The summed E-state index contributed by atoms with van der Waals surface area (Å²) in [5.74, 6) is 0. The van der Waals surface area contributed by atoms with E-state index in [-0.39, 0.29) is 0 Å². The van der Waals surface area contributed by atoms with E-state index < -0.39 is 0 Å². The third-order valence-electron chi connectivity index (χ3n) is 3.15. The van der Waals surface area contributed by atoms with Crippen molar-refractivity contribution in [1.82, 2.24) is 0 Å². The molecule has 0 saturated carbocycles. The van der Waals surface area contributed by atoms with Crippen LogP contribution in [0.25, 0.3) is 0 Å². The van der Waals surface area contributed by atoms with Gasteiger partial charge in [-0.3, -0.25) is 0 Å². The van der Waals surface area contributed by atoms with Crippen molar-refractivity contribution in [3.63, 3.8) is 0 Å². The summed E-state index contributed by atoms with van der Waals surface area (Å²) in [5, 5.41) is 4.37. The minimum atomic E-state index is 0.305. The first-order valence-electron chi connectivity index (χ1n) is 5.14. The SMILES string of the molecule is NCC1(Cc2ccsc2)CCOCC1. The van der Waals surface area contributed by atoms with Crippen molar-refractivity contribution in [2.24, 2.45) is 11.1 Å². The van der Waals surface area contributed by atoms with Gasteiger partial charge in [-0.2, -0.15) is 11.3 Å². The lowest BCUT2D eigenvalue weighted by atomic mass is 9.76. The Kier molecular flexibility index (Phi) is 3.21. The minimum absolute atomic E-state index is 0.305. The third kappa shape index (κ3) is 2.16. The maximum Gasteiger partial charge on any atom is 0.0471 e. The molecule has 2 heterocycles. The fourth-order valence-electron chi connectivity index (χ4n) is 2.08. The topological polar surface area (TPSA) is 35.2 Å². The Bertz CT molecular complexity index is 265. The van der Waals surface area contributed by atoms with Gasteiger partial charge in [-0.25, -0.2) is 0 Å². The first-order chi connectivity index (χ1) is 6.85. The molecule has 0 atom stereocenters. The molecule has 0 radical (unpaired) electrons. The van der Waals surface area contributed by atoms with Crippen molar-refractivity contribution in [3.05, 3.63) is 22.4 Å². The number of hydrogen-bond acceptors (Lipinski definition) is 3. The van der Waals surface area contributed by atoms with Gasteiger partial charge in [0.25, 0.3) is 0 Å². The number of rotatable bonds is 3. The molecule has 1 aromatic rings. The molecular weight excluding hydrogens is 194 g/mol. The van der Waals surface area contributed by atoms with Crippen molar-refractivity contribution in [2.75, 3.05) is 19.8 Å². The molecule has 1 aliphatic heterocycles. The Hall–Kier alpha value is -0.380. The molecule has 0 unspecified atom stereocenters. The maximum absolute atomic E-state index is 5.90. The Morgan fingerprint density at radius 1 is 1.43 bits per heavy atom. The van der Waals surface area contributed by atoms with Crippen LogP contribution in [0.5, 0.6) is 0 Å². The molecule has 0 aromatic carbocycles. The van der Waals surface area contributed by atoms with Crippen LogP contribution in [0, 0.1) is 5.41 Å². The standard InChI is InChI=1S/C11H17NOS/c12-9-11(2-4-13-5-3-11)7-10-1-6-14-8-10/h1,6,8H,2-5,7,9,12H2. The molecule has 0 spiro atoms. The lowest BCUT2D eigenvalue weighted by molar-refractivity contribution is 0.0192. The van der Waals surface area contributed by atoms with Crippen LogP contribution in [-0.4, -0.2) is 19.8 Å². The Labute approximate surface area is 89.1 Å². The zero-order chi connectivity index (χ0) is 9.86. The fourth-order valence-corrected chi connectivity index (χ4v) is 2.75. The van der Waals surface area contributed by atoms with Gasteiger partial charge in [-0.1, -0.05) is 0 Å². The molecule has 0 aliphatic carbocycles. The van der Waals surface area contributed by atoms with E-state index in [1.54, 1.807) is 11.3 Å². The van der Waals surface area contributed by atoms with E-state index in [0.29, 0.717) is 5.41 Å². The number of hydrogen-bond donors (Lipinski definition) is 1. The fraction of sp³-hybridized carbons (Fsp3) is 0.636. The summed E-state index contributed by atoms with van der Waals surface area (Å²) in [6, 6.07) is 2.21. The van der Waals surface area contributed by atoms with E-state index in [1.165, 1.54) is 5.56 Å². The van der Waals surface area contributed by atoms with E-state index >= 15 is 0 Å². The first kappa shape index (κ1) is 10.1. The van der Waals surface area contributed by atoms with Gasteiger partial charge in [-0.15, -0.1) is 0 Å². The first-order valence-corrected chi connectivity index (χ1v) is 6.08. The monoisotopic (exact) mass is 211 g/mol. The van der Waals surface area contributed by atoms with Gasteiger partial charge in [0.05, 0.1) is 0 Å². The van der Waals surface area contributed by atoms with Gasteiger partial charge >= 0.3 is 0 Å². The summed E-state index contributed by atoms with van der Waals surface area (Å²) in [6.45, 7) is 2.54. The van der Waals surface area contributed by atoms with Crippen molar-refractivity contribution in [3.8, 4) is 0 Å². The van der Waals surface area contributed by atoms with Crippen LogP contribution < -0.4 is 5.73 Å². The molecule has 2 N–H and O–H groups in total. The highest BCUT2D eigenvalue weighted by molar-refractivity contribution is 7.07. The molecule has 0 amide bonds. The number of nitrogens with two attached hydrogens (primary N) is 1. The lowest BCUT2D eigenvalue weighted by Crippen LogP contribution is -2.38. The van der Waals surface area contributed by atoms with Gasteiger partial charge < -0.3 is 10.5 Å². The van der Waals surface area contributed by atoms with Crippen LogP contribution in [-0.2, 0) is 11.2 Å². The molecule has 1 fully saturated rings. The smallest absolute Gasteiger partial charge is 0.0471 e. The molecular formula is C11H17NOS. The predicted molar refractivity (Wildman–Crippen MR) is 59.6 cm³/mol. The van der Waals surface area contributed by atoms with Crippen LogP contribution in [0.15, 0.2) is 16.8 Å². The highest BCUT2D eigenvalue weighted by Crippen LogP contribution is 2.33. The summed E-state index contributed by atoms with van der Waals surface area (Å²) in [7, 11) is 0. The van der Waals surface area contributed by atoms with Gasteiger partial charge in [0.15, 0.2) is 0 Å². The zero-order valence-corrected chi connectivity index (χ0v) is 9.19. The van der Waals surface area contributed by atoms with Crippen molar-refractivity contribution in [2.45, 2.75) is 19.3 Å². The van der Waals surface area contributed by atoms with Crippen molar-refractivity contribution >= 4 is 11.3 Å². The quantitative estimate of drug-likeness (QED) is 0.830. The van der Waals surface area contributed by atoms with E-state index in [9.17, 15) is 0 Å². The predicted octanol–water partition coefficient (Wildman–Crippen LogP) is 2.05. The molecule has 0 bridgehead atoms. The summed E-state index contributed by atoms with van der Waals surface area (Å²) in [5.41, 5.74) is 7.64. The molecule has 3 heteroatoms. The molecule has 1 aromatic heterocycles. The second-order valence-electron chi connectivity index (χ2n) is 4.12. The number of thiophene rings is 1. The van der Waals surface area contributed by atoms with Gasteiger partial charge in [0, 0.05) is 13.2 Å². The van der Waals surface area contributed by atoms with Crippen molar-refractivity contribution < 1.29 is 4.74 Å². The highest BCUT2D eigenvalue weighted by atomic mass is 32.1. The van der Waals surface area contributed by atoms with Crippen LogP contribution in [0.1, 0.15) is 18.4 Å². The largest absolute Gasteiger partial charge is 0.381 e. The average molecular weight is 211 g/mol. The summed E-state index contributed by atoms with van der Waals surface area (Å²) >= 11 is 1.77. The Morgan fingerprint density at radius 3 is 2.79 bits per heavy atom. The summed E-state index contributed by atoms with van der Waals surface area (Å²) in [6.07, 6.45) is 3.34. The zero-order valence-electron chi connectivity index (χ0n) is 8.37. The average Bonchev–Trinajstić information content (AvgIpc) is 2.72. The molecule has 14 heavy (non-hydrogen) atoms. The van der Waals surface area contributed by atoms with Crippen LogP contribution >= 0.6 is 11.3 Å². The van der Waals surface area contributed by atoms with Gasteiger partial charge in [-0.05, 0) is 53.6 Å². The van der Waals surface area contributed by atoms with Gasteiger partial charge in [0.2, 0.25) is 0 Å². The van der Waals surface area contributed by atoms with E-state index in [0.717, 1.165) is 39.0 Å².